The number of azo groups is 1. The molecule has 0 N–H and O–H groups in total. The molecule has 24 heavy (non-hydrogen) atoms. The summed E-state index contributed by atoms with van der Waals surface area (Å²) in [6.45, 7) is 15.2. The first-order chi connectivity index (χ1) is 10.7. The lowest BCUT2D eigenvalue weighted by Gasteiger charge is -2.38. The smallest absolute Gasteiger partial charge is 0.191 e. The van der Waals surface area contributed by atoms with Gasteiger partial charge < -0.3 is 9.47 Å². The average Bonchev–Trinajstić information content (AvgIpc) is 2.43. The molecule has 6 heteroatoms. The molecular weight excluding hydrogens is 304 g/mol. The molecule has 0 fully saturated rings. The number of nitriles is 2. The highest BCUT2D eigenvalue weighted by atomic mass is 16.5. The molecule has 0 amide bonds. The summed E-state index contributed by atoms with van der Waals surface area (Å²) in [5, 5.41) is 27.9. The van der Waals surface area contributed by atoms with E-state index in [2.05, 4.69) is 22.4 Å². The zero-order chi connectivity index (χ0) is 19.4. The van der Waals surface area contributed by atoms with Crippen molar-refractivity contribution >= 4 is 0 Å². The number of hydrogen-bond acceptors (Lipinski definition) is 6. The van der Waals surface area contributed by atoms with E-state index in [9.17, 15) is 10.5 Å². The highest BCUT2D eigenvalue weighted by Crippen LogP contribution is 2.36. The second-order valence-electron chi connectivity index (χ2n) is 8.68. The Bertz CT molecular complexity index is 485. The van der Waals surface area contributed by atoms with Crippen LogP contribution < -0.4 is 0 Å². The molecule has 0 radical (unpaired) electrons. The van der Waals surface area contributed by atoms with Crippen LogP contribution in [0.3, 0.4) is 0 Å². The molecule has 4 unspecified atom stereocenters. The molecule has 0 spiro atoms. The predicted octanol–water partition coefficient (Wildman–Crippen LogP) is 4.13. The Hall–Kier alpha value is -1.50. The summed E-state index contributed by atoms with van der Waals surface area (Å²) in [4.78, 5) is 0. The lowest BCUT2D eigenvalue weighted by atomic mass is 9.77. The van der Waals surface area contributed by atoms with Crippen molar-refractivity contribution in [2.75, 3.05) is 14.2 Å². The maximum atomic E-state index is 9.68. The molecule has 4 atom stereocenters. The SMILES string of the molecule is COC(C(C)(C)C)C(C)(C#N)N=NC(C)(C#N)C(OC)C(C)(C)C. The van der Waals surface area contributed by atoms with Gasteiger partial charge in [-0.25, -0.2) is 0 Å². The second kappa shape index (κ2) is 7.59. The van der Waals surface area contributed by atoms with Gasteiger partial charge in [-0.05, 0) is 24.7 Å². The van der Waals surface area contributed by atoms with Gasteiger partial charge in [0.15, 0.2) is 11.1 Å². The van der Waals surface area contributed by atoms with Crippen molar-refractivity contribution in [1.82, 2.24) is 0 Å². The fraction of sp³-hybridized carbons (Fsp3) is 0.889. The van der Waals surface area contributed by atoms with E-state index in [0.717, 1.165) is 0 Å². The Balaban J connectivity index is 5.97. The quantitative estimate of drug-likeness (QED) is 0.682. The second-order valence-corrected chi connectivity index (χ2v) is 8.68. The van der Waals surface area contributed by atoms with Crippen molar-refractivity contribution in [2.24, 2.45) is 21.1 Å². The Kier molecular flexibility index (Phi) is 7.12. The van der Waals surface area contributed by atoms with E-state index >= 15 is 0 Å². The van der Waals surface area contributed by atoms with Gasteiger partial charge in [0.2, 0.25) is 0 Å². The predicted molar refractivity (Wildman–Crippen MR) is 93.4 cm³/mol. The molecule has 0 heterocycles. The van der Waals surface area contributed by atoms with Gasteiger partial charge in [-0.3, -0.25) is 0 Å². The van der Waals surface area contributed by atoms with Gasteiger partial charge in [0.05, 0.1) is 12.1 Å². The van der Waals surface area contributed by atoms with Gasteiger partial charge in [-0.2, -0.15) is 20.8 Å². The summed E-state index contributed by atoms with van der Waals surface area (Å²) in [5.41, 5.74) is -3.04. The van der Waals surface area contributed by atoms with Crippen molar-refractivity contribution in [3.05, 3.63) is 0 Å². The summed E-state index contributed by atoms with van der Waals surface area (Å²) in [7, 11) is 3.11. The molecule has 0 saturated heterocycles. The van der Waals surface area contributed by atoms with Crippen molar-refractivity contribution in [2.45, 2.75) is 78.7 Å². The average molecular weight is 336 g/mol. The number of ether oxygens (including phenoxy) is 2. The van der Waals surface area contributed by atoms with Gasteiger partial charge in [0, 0.05) is 14.2 Å². The number of rotatable bonds is 6. The zero-order valence-electron chi connectivity index (χ0n) is 16.8. The highest BCUT2D eigenvalue weighted by Gasteiger charge is 2.46. The topological polar surface area (TPSA) is 90.8 Å². The van der Waals surface area contributed by atoms with Crippen LogP contribution in [0, 0.1) is 33.5 Å². The highest BCUT2D eigenvalue weighted by molar-refractivity contribution is 5.15. The van der Waals surface area contributed by atoms with Crippen LogP contribution in [0.15, 0.2) is 10.2 Å². The standard InChI is InChI=1S/C18H32N4O2/c1-15(2,3)13(23-9)17(7,11-19)21-22-18(8,12-20)14(24-10)16(4,5)6/h13-14H,1-10H3. The summed E-state index contributed by atoms with van der Waals surface area (Å²) in [6, 6.07) is 4.39. The van der Waals surface area contributed by atoms with Crippen LogP contribution in [-0.2, 0) is 9.47 Å². The third kappa shape index (κ3) is 5.00. The Morgan fingerprint density at radius 3 is 1.04 bits per heavy atom. The Labute approximate surface area is 146 Å². The van der Waals surface area contributed by atoms with Gasteiger partial charge in [-0.15, -0.1) is 0 Å². The lowest BCUT2D eigenvalue weighted by molar-refractivity contribution is -0.0288. The molecule has 0 aromatic heterocycles. The van der Waals surface area contributed by atoms with E-state index in [0.29, 0.717) is 0 Å². The monoisotopic (exact) mass is 336 g/mol. The molecule has 6 nitrogen and oxygen atoms in total. The van der Waals surface area contributed by atoms with Crippen LogP contribution in [0.25, 0.3) is 0 Å². The fourth-order valence-corrected chi connectivity index (χ4v) is 3.33. The molecule has 0 aromatic rings. The largest absolute Gasteiger partial charge is 0.377 e. The van der Waals surface area contributed by atoms with E-state index in [1.807, 2.05) is 41.5 Å². The summed E-state index contributed by atoms with van der Waals surface area (Å²) < 4.78 is 11.1. The van der Waals surface area contributed by atoms with Gasteiger partial charge in [-0.1, -0.05) is 41.5 Å². The number of hydrogen-bond donors (Lipinski definition) is 0. The molecule has 0 rings (SSSR count). The molecule has 0 aliphatic carbocycles. The molecular formula is C18H32N4O2. The summed E-state index contributed by atoms with van der Waals surface area (Å²) in [6.07, 6.45) is -0.949. The summed E-state index contributed by atoms with van der Waals surface area (Å²) >= 11 is 0. The van der Waals surface area contributed by atoms with Crippen LogP contribution in [-0.4, -0.2) is 37.5 Å². The molecule has 0 aliphatic rings. The third-order valence-electron chi connectivity index (χ3n) is 3.98. The third-order valence-corrected chi connectivity index (χ3v) is 3.98. The zero-order valence-corrected chi connectivity index (χ0v) is 16.8. The Morgan fingerprint density at radius 1 is 0.667 bits per heavy atom. The lowest BCUT2D eigenvalue weighted by Crippen LogP contribution is -2.49. The first-order valence-corrected chi connectivity index (χ1v) is 8.04. The molecule has 0 bridgehead atoms. The van der Waals surface area contributed by atoms with Crippen molar-refractivity contribution in [1.29, 1.82) is 10.5 Å². The van der Waals surface area contributed by atoms with E-state index in [1.165, 1.54) is 0 Å². The van der Waals surface area contributed by atoms with Crippen molar-refractivity contribution < 1.29 is 9.47 Å². The van der Waals surface area contributed by atoms with E-state index in [4.69, 9.17) is 9.47 Å². The minimum Gasteiger partial charge on any atom is -0.377 e. The van der Waals surface area contributed by atoms with Crippen LogP contribution in [0.2, 0.25) is 0 Å². The number of nitrogens with zero attached hydrogens (tertiary/aromatic N) is 4. The van der Waals surface area contributed by atoms with Crippen molar-refractivity contribution in [3.8, 4) is 12.1 Å². The first-order valence-electron chi connectivity index (χ1n) is 8.04. The summed E-state index contributed by atoms with van der Waals surface area (Å²) in [5.74, 6) is 0. The minimum atomic E-state index is -1.21. The van der Waals surface area contributed by atoms with Crippen LogP contribution in [0.5, 0.6) is 0 Å². The normalized spacial score (nSPS) is 20.5. The van der Waals surface area contributed by atoms with Gasteiger partial charge >= 0.3 is 0 Å². The molecule has 0 aromatic carbocycles. The van der Waals surface area contributed by atoms with E-state index in [-0.39, 0.29) is 10.8 Å². The molecule has 0 aliphatic heterocycles. The van der Waals surface area contributed by atoms with Crippen LogP contribution >= 0.6 is 0 Å². The fourth-order valence-electron chi connectivity index (χ4n) is 3.33. The van der Waals surface area contributed by atoms with Crippen molar-refractivity contribution in [3.63, 3.8) is 0 Å². The number of methoxy groups -OCH3 is 2. The van der Waals surface area contributed by atoms with E-state index < -0.39 is 23.3 Å². The van der Waals surface area contributed by atoms with Crippen LogP contribution in [0.1, 0.15) is 55.4 Å². The van der Waals surface area contributed by atoms with Gasteiger partial charge in [0.25, 0.3) is 0 Å². The minimum absolute atomic E-state index is 0.314. The molecule has 0 saturated carbocycles. The molecule has 136 valence electrons. The maximum absolute atomic E-state index is 9.68. The maximum Gasteiger partial charge on any atom is 0.191 e. The Morgan fingerprint density at radius 2 is 0.917 bits per heavy atom. The van der Waals surface area contributed by atoms with Gasteiger partial charge in [0.1, 0.15) is 12.2 Å². The van der Waals surface area contributed by atoms with Crippen LogP contribution in [0.4, 0.5) is 0 Å². The van der Waals surface area contributed by atoms with E-state index in [1.54, 1.807) is 28.1 Å². The first kappa shape index (κ1) is 22.5.